The quantitative estimate of drug-likeness (QED) is 0.540. The van der Waals surface area contributed by atoms with Gasteiger partial charge >= 0.3 is 0 Å². The monoisotopic (exact) mass is 406 g/mol. The fourth-order valence-corrected chi connectivity index (χ4v) is 3.83. The van der Waals surface area contributed by atoms with E-state index in [-0.39, 0.29) is 0 Å². The van der Waals surface area contributed by atoms with E-state index in [1.165, 1.54) is 0 Å². The molecule has 3 N–H and O–H groups in total. The molecule has 0 aliphatic carbocycles. The Morgan fingerprint density at radius 1 is 1.27 bits per heavy atom. The van der Waals surface area contributed by atoms with Crippen LogP contribution in [0.1, 0.15) is 13.3 Å². The minimum Gasteiger partial charge on any atom is -0.355 e. The zero-order valence-corrected chi connectivity index (χ0v) is 16.7. The predicted octanol–water partition coefficient (Wildman–Crippen LogP) is 2.78. The van der Waals surface area contributed by atoms with Crippen molar-refractivity contribution in [3.05, 3.63) is 42.9 Å². The van der Waals surface area contributed by atoms with Crippen LogP contribution >= 0.6 is 0 Å². The molecule has 1 aliphatic heterocycles. The van der Waals surface area contributed by atoms with Gasteiger partial charge in [0.1, 0.15) is 17.7 Å². The van der Waals surface area contributed by atoms with E-state index in [4.69, 9.17) is 10.7 Å². The summed E-state index contributed by atoms with van der Waals surface area (Å²) in [7, 11) is 0. The normalized spacial score (nSPS) is 19.5. The van der Waals surface area contributed by atoms with Crippen molar-refractivity contribution in [2.75, 3.05) is 18.0 Å². The SMILES string of the molecule is CCn1cc(-c2cc3c(-c4cccc(N5CC[C@@H](F)[C@H](N)C5)n4)n[nH]c3cn2)cn1. The lowest BCUT2D eigenvalue weighted by atomic mass is 10.0. The topological polar surface area (TPSA) is 102 Å². The van der Waals surface area contributed by atoms with Gasteiger partial charge in [-0.2, -0.15) is 10.2 Å². The zero-order chi connectivity index (χ0) is 20.7. The number of hydrogen-bond donors (Lipinski definition) is 2. The number of alkyl halides is 1. The Morgan fingerprint density at radius 2 is 2.17 bits per heavy atom. The van der Waals surface area contributed by atoms with Gasteiger partial charge in [0, 0.05) is 36.8 Å². The van der Waals surface area contributed by atoms with Crippen LogP contribution in [0.25, 0.3) is 33.5 Å². The van der Waals surface area contributed by atoms with Crippen LogP contribution in [0.5, 0.6) is 0 Å². The molecule has 8 nitrogen and oxygen atoms in total. The van der Waals surface area contributed by atoms with Crippen LogP contribution < -0.4 is 10.6 Å². The van der Waals surface area contributed by atoms with E-state index in [0.29, 0.717) is 19.5 Å². The van der Waals surface area contributed by atoms with Crippen LogP contribution in [0, 0.1) is 0 Å². The van der Waals surface area contributed by atoms with Crippen molar-refractivity contribution in [1.82, 2.24) is 29.9 Å². The van der Waals surface area contributed by atoms with E-state index in [9.17, 15) is 4.39 Å². The lowest BCUT2D eigenvalue weighted by Gasteiger charge is -2.34. The Kier molecular flexibility index (Phi) is 4.66. The number of halogens is 1. The van der Waals surface area contributed by atoms with Gasteiger partial charge in [-0.3, -0.25) is 14.8 Å². The maximum Gasteiger partial charge on any atom is 0.129 e. The molecule has 4 aromatic rings. The Balaban J connectivity index is 1.51. The highest BCUT2D eigenvalue weighted by molar-refractivity contribution is 5.93. The largest absolute Gasteiger partial charge is 0.355 e. The molecule has 0 bridgehead atoms. The number of hydrogen-bond acceptors (Lipinski definition) is 6. The number of aromatic nitrogens is 6. The zero-order valence-electron chi connectivity index (χ0n) is 16.7. The van der Waals surface area contributed by atoms with Crippen LogP contribution in [-0.4, -0.2) is 55.2 Å². The first-order valence-corrected chi connectivity index (χ1v) is 10.1. The summed E-state index contributed by atoms with van der Waals surface area (Å²) < 4.78 is 15.6. The van der Waals surface area contributed by atoms with Crippen LogP contribution in [-0.2, 0) is 6.54 Å². The molecule has 1 saturated heterocycles. The van der Waals surface area contributed by atoms with Gasteiger partial charge in [-0.15, -0.1) is 0 Å². The highest BCUT2D eigenvalue weighted by Gasteiger charge is 2.27. The van der Waals surface area contributed by atoms with Crippen molar-refractivity contribution in [2.24, 2.45) is 5.73 Å². The molecule has 0 saturated carbocycles. The highest BCUT2D eigenvalue weighted by atomic mass is 19.1. The summed E-state index contributed by atoms with van der Waals surface area (Å²) in [6, 6.07) is 7.31. The number of aromatic amines is 1. The summed E-state index contributed by atoms with van der Waals surface area (Å²) >= 11 is 0. The van der Waals surface area contributed by atoms with Gasteiger partial charge in [0.05, 0.1) is 35.3 Å². The molecule has 2 atom stereocenters. The van der Waals surface area contributed by atoms with Gasteiger partial charge in [0.25, 0.3) is 0 Å². The molecule has 0 aromatic carbocycles. The van der Waals surface area contributed by atoms with E-state index in [1.807, 2.05) is 53.2 Å². The summed E-state index contributed by atoms with van der Waals surface area (Å²) in [6.07, 6.45) is 5.03. The van der Waals surface area contributed by atoms with Crippen molar-refractivity contribution < 1.29 is 4.39 Å². The predicted molar refractivity (Wildman–Crippen MR) is 114 cm³/mol. The van der Waals surface area contributed by atoms with E-state index >= 15 is 0 Å². The second-order valence-electron chi connectivity index (χ2n) is 7.57. The van der Waals surface area contributed by atoms with E-state index in [0.717, 1.165) is 45.9 Å². The Hall–Kier alpha value is -3.33. The molecule has 0 amide bonds. The molecule has 154 valence electrons. The van der Waals surface area contributed by atoms with Crippen LogP contribution in [0.15, 0.2) is 42.9 Å². The summed E-state index contributed by atoms with van der Waals surface area (Å²) in [4.78, 5) is 11.4. The Bertz CT molecular complexity index is 1180. The minimum absolute atomic E-state index is 0.416. The highest BCUT2D eigenvalue weighted by Crippen LogP contribution is 2.29. The van der Waals surface area contributed by atoms with Crippen molar-refractivity contribution in [3.63, 3.8) is 0 Å². The lowest BCUT2D eigenvalue weighted by molar-refractivity contribution is 0.244. The molecule has 30 heavy (non-hydrogen) atoms. The van der Waals surface area contributed by atoms with E-state index in [1.54, 1.807) is 6.20 Å². The number of fused-ring (bicyclic) bond motifs is 1. The number of pyridine rings is 2. The smallest absolute Gasteiger partial charge is 0.129 e. The summed E-state index contributed by atoms with van der Waals surface area (Å²) in [5, 5.41) is 12.8. The van der Waals surface area contributed by atoms with Gasteiger partial charge in [-0.1, -0.05) is 6.07 Å². The molecule has 0 spiro atoms. The van der Waals surface area contributed by atoms with Crippen molar-refractivity contribution in [2.45, 2.75) is 32.1 Å². The molecule has 4 aromatic heterocycles. The number of nitrogens with zero attached hydrogens (tertiary/aromatic N) is 6. The third kappa shape index (κ3) is 3.30. The van der Waals surface area contributed by atoms with Gasteiger partial charge < -0.3 is 10.6 Å². The number of anilines is 1. The second kappa shape index (κ2) is 7.49. The molecule has 1 aliphatic rings. The van der Waals surface area contributed by atoms with Gasteiger partial charge in [-0.05, 0) is 31.5 Å². The van der Waals surface area contributed by atoms with E-state index < -0.39 is 12.2 Å². The van der Waals surface area contributed by atoms with Crippen molar-refractivity contribution in [1.29, 1.82) is 0 Å². The van der Waals surface area contributed by atoms with Crippen LogP contribution in [0.2, 0.25) is 0 Å². The molecule has 5 rings (SSSR count). The number of H-pyrrole nitrogens is 1. The Morgan fingerprint density at radius 3 is 2.97 bits per heavy atom. The summed E-state index contributed by atoms with van der Waals surface area (Å²) in [5.41, 5.74) is 10.0. The van der Waals surface area contributed by atoms with Crippen LogP contribution in [0.4, 0.5) is 10.2 Å². The fraction of sp³-hybridized carbons (Fsp3) is 0.333. The average Bonchev–Trinajstić information content (AvgIpc) is 3.42. The number of nitrogens with two attached hydrogens (primary N) is 1. The molecular weight excluding hydrogens is 383 g/mol. The molecule has 1 fully saturated rings. The standard InChI is InChI=1S/C21H23FN8/c1-2-30-11-13(9-25-30)18-8-14-19(10-24-18)27-28-21(14)17-4-3-5-20(26-17)29-7-6-15(22)16(23)12-29/h3-5,8-11,15-16H,2,6-7,12,23H2,1H3,(H,27,28)/t15-,16-/m1/s1. The van der Waals surface area contributed by atoms with E-state index in [2.05, 4.69) is 20.3 Å². The molecule has 9 heteroatoms. The maximum atomic E-state index is 13.7. The lowest BCUT2D eigenvalue weighted by Crippen LogP contribution is -2.50. The third-order valence-electron chi connectivity index (χ3n) is 5.57. The first-order valence-electron chi connectivity index (χ1n) is 10.1. The number of aryl methyl sites for hydroxylation is 1. The van der Waals surface area contributed by atoms with Crippen molar-refractivity contribution >= 4 is 16.7 Å². The first-order chi connectivity index (χ1) is 14.6. The van der Waals surface area contributed by atoms with Crippen LogP contribution in [0.3, 0.4) is 0 Å². The van der Waals surface area contributed by atoms with Gasteiger partial charge in [0.15, 0.2) is 0 Å². The second-order valence-corrected chi connectivity index (χ2v) is 7.57. The molecular formula is C21H23FN8. The molecule has 0 radical (unpaired) electrons. The van der Waals surface area contributed by atoms with Gasteiger partial charge in [0.2, 0.25) is 0 Å². The summed E-state index contributed by atoms with van der Waals surface area (Å²) in [5.74, 6) is 0.782. The number of nitrogens with one attached hydrogen (secondary N) is 1. The van der Waals surface area contributed by atoms with Gasteiger partial charge in [-0.25, -0.2) is 9.37 Å². The third-order valence-corrected chi connectivity index (χ3v) is 5.57. The number of rotatable bonds is 4. The fourth-order valence-electron chi connectivity index (χ4n) is 3.83. The minimum atomic E-state index is -0.956. The first kappa shape index (κ1) is 18.7. The average molecular weight is 406 g/mol. The summed E-state index contributed by atoms with van der Waals surface area (Å²) in [6.45, 7) is 3.90. The molecule has 5 heterocycles. The number of piperidine rings is 1. The maximum absolute atomic E-state index is 13.7. The Labute approximate surface area is 172 Å². The molecule has 0 unspecified atom stereocenters. The van der Waals surface area contributed by atoms with Crippen molar-refractivity contribution in [3.8, 4) is 22.6 Å².